The van der Waals surface area contributed by atoms with Crippen LogP contribution in [0.25, 0.3) is 0 Å². The Morgan fingerprint density at radius 1 is 1.32 bits per heavy atom. The fraction of sp³-hybridized carbons (Fsp3) is 0.533. The van der Waals surface area contributed by atoms with Gasteiger partial charge in [-0.05, 0) is 37.0 Å². The van der Waals surface area contributed by atoms with Gasteiger partial charge in [-0.25, -0.2) is 4.39 Å². The molecule has 0 aromatic heterocycles. The van der Waals surface area contributed by atoms with Gasteiger partial charge < -0.3 is 5.32 Å². The average Bonchev–Trinajstić information content (AvgIpc) is 2.55. The average molecular weight is 328 g/mol. The first-order valence-electron chi connectivity index (χ1n) is 6.84. The molecule has 4 heteroatoms. The smallest absolute Gasteiger partial charge is 0.254 e. The molecule has 1 amide bonds. The molecule has 1 aromatic rings. The van der Waals surface area contributed by atoms with Crippen LogP contribution in [0.1, 0.15) is 49.4 Å². The first-order chi connectivity index (χ1) is 9.08. The lowest BCUT2D eigenvalue weighted by atomic mass is 9.96. The normalized spacial score (nSPS) is 23.7. The van der Waals surface area contributed by atoms with Gasteiger partial charge in [-0.1, -0.05) is 42.1 Å². The zero-order valence-corrected chi connectivity index (χ0v) is 12.7. The second-order valence-corrected chi connectivity index (χ2v) is 6.24. The first kappa shape index (κ1) is 14.5. The number of halogens is 2. The van der Waals surface area contributed by atoms with Crippen molar-refractivity contribution < 1.29 is 9.18 Å². The van der Waals surface area contributed by atoms with Crippen molar-refractivity contribution in [3.05, 3.63) is 34.1 Å². The zero-order chi connectivity index (χ0) is 13.8. The van der Waals surface area contributed by atoms with Crippen LogP contribution in [-0.4, -0.2) is 11.9 Å². The van der Waals surface area contributed by atoms with Gasteiger partial charge >= 0.3 is 0 Å². The third kappa shape index (κ3) is 3.78. The Labute approximate surface area is 121 Å². The second kappa shape index (κ2) is 6.51. The number of carbonyl (C=O) groups excluding carboxylic acids is 1. The number of hydrogen-bond acceptors (Lipinski definition) is 1. The van der Waals surface area contributed by atoms with Gasteiger partial charge in [0.2, 0.25) is 0 Å². The van der Waals surface area contributed by atoms with Crippen molar-refractivity contribution >= 4 is 21.8 Å². The maximum absolute atomic E-state index is 13.7. The molecule has 1 N–H and O–H groups in total. The van der Waals surface area contributed by atoms with E-state index in [9.17, 15) is 9.18 Å². The Balaban J connectivity index is 2.07. The molecule has 0 aliphatic heterocycles. The number of benzene rings is 1. The zero-order valence-electron chi connectivity index (χ0n) is 11.1. The van der Waals surface area contributed by atoms with Crippen molar-refractivity contribution in [2.75, 3.05) is 0 Å². The molecule has 2 nitrogen and oxygen atoms in total. The van der Waals surface area contributed by atoms with Crippen LogP contribution in [0.5, 0.6) is 0 Å². The van der Waals surface area contributed by atoms with E-state index in [1.807, 2.05) is 0 Å². The highest BCUT2D eigenvalue weighted by atomic mass is 79.9. The lowest BCUT2D eigenvalue weighted by Gasteiger charge is -2.23. The van der Waals surface area contributed by atoms with Crippen molar-refractivity contribution in [3.63, 3.8) is 0 Å². The van der Waals surface area contributed by atoms with Crippen LogP contribution in [0, 0.1) is 11.7 Å². The van der Waals surface area contributed by atoms with Crippen LogP contribution in [0.3, 0.4) is 0 Å². The minimum atomic E-state index is -0.479. The summed E-state index contributed by atoms with van der Waals surface area (Å²) >= 11 is 3.19. The van der Waals surface area contributed by atoms with Crippen LogP contribution in [0.4, 0.5) is 4.39 Å². The Morgan fingerprint density at radius 3 is 2.79 bits per heavy atom. The molecule has 0 saturated heterocycles. The van der Waals surface area contributed by atoms with Gasteiger partial charge in [-0.3, -0.25) is 4.79 Å². The maximum Gasteiger partial charge on any atom is 0.254 e. The van der Waals surface area contributed by atoms with Crippen LogP contribution in [-0.2, 0) is 0 Å². The Bertz CT molecular complexity index is 463. The summed E-state index contributed by atoms with van der Waals surface area (Å²) in [6, 6.07) is 4.70. The monoisotopic (exact) mass is 327 g/mol. The molecular formula is C15H19BrFNO. The molecule has 104 valence electrons. The molecule has 1 saturated carbocycles. The van der Waals surface area contributed by atoms with E-state index in [1.54, 1.807) is 6.07 Å². The fourth-order valence-corrected chi connectivity index (χ4v) is 2.96. The van der Waals surface area contributed by atoms with Crippen LogP contribution in [0.2, 0.25) is 0 Å². The quantitative estimate of drug-likeness (QED) is 0.807. The van der Waals surface area contributed by atoms with E-state index in [4.69, 9.17) is 0 Å². The number of carbonyl (C=O) groups is 1. The Kier molecular flexibility index (Phi) is 4.97. The SMILES string of the molecule is CC1CCCCCC1NC(=O)c1ccc(Br)cc1F. The standard InChI is InChI=1S/C15H19BrFNO/c1-10-5-3-2-4-6-14(10)18-15(19)12-8-7-11(16)9-13(12)17/h7-10,14H,2-6H2,1H3,(H,18,19). The fourth-order valence-electron chi connectivity index (χ4n) is 2.63. The van der Waals surface area contributed by atoms with Crippen LogP contribution < -0.4 is 5.32 Å². The van der Waals surface area contributed by atoms with E-state index in [-0.39, 0.29) is 17.5 Å². The summed E-state index contributed by atoms with van der Waals surface area (Å²) in [4.78, 5) is 12.1. The van der Waals surface area contributed by atoms with Crippen molar-refractivity contribution in [3.8, 4) is 0 Å². The molecule has 19 heavy (non-hydrogen) atoms. The lowest BCUT2D eigenvalue weighted by molar-refractivity contribution is 0.0917. The molecule has 2 rings (SSSR count). The van der Waals surface area contributed by atoms with E-state index >= 15 is 0 Å². The van der Waals surface area contributed by atoms with Gasteiger partial charge in [0.1, 0.15) is 5.82 Å². The Morgan fingerprint density at radius 2 is 2.05 bits per heavy atom. The number of amides is 1. The largest absolute Gasteiger partial charge is 0.349 e. The summed E-state index contributed by atoms with van der Waals surface area (Å²) in [5.74, 6) is -0.318. The van der Waals surface area contributed by atoms with E-state index in [2.05, 4.69) is 28.2 Å². The molecule has 2 atom stereocenters. The van der Waals surface area contributed by atoms with Crippen molar-refractivity contribution in [2.24, 2.45) is 5.92 Å². The van der Waals surface area contributed by atoms with E-state index in [0.29, 0.717) is 10.4 Å². The molecule has 1 aliphatic rings. The number of hydrogen-bond donors (Lipinski definition) is 1. The van der Waals surface area contributed by atoms with Gasteiger partial charge in [0, 0.05) is 10.5 Å². The number of rotatable bonds is 2. The van der Waals surface area contributed by atoms with Gasteiger partial charge in [0.25, 0.3) is 5.91 Å². The van der Waals surface area contributed by atoms with Gasteiger partial charge in [-0.15, -0.1) is 0 Å². The minimum Gasteiger partial charge on any atom is -0.349 e. The third-order valence-electron chi connectivity index (χ3n) is 3.85. The molecule has 0 spiro atoms. The summed E-state index contributed by atoms with van der Waals surface area (Å²) in [7, 11) is 0. The number of nitrogens with one attached hydrogen (secondary N) is 1. The van der Waals surface area contributed by atoms with Crippen molar-refractivity contribution in [1.29, 1.82) is 0 Å². The molecule has 2 unspecified atom stereocenters. The molecular weight excluding hydrogens is 309 g/mol. The molecule has 0 radical (unpaired) electrons. The predicted octanol–water partition coefficient (Wildman–Crippen LogP) is 4.29. The molecule has 1 fully saturated rings. The summed E-state index contributed by atoms with van der Waals surface area (Å²) in [6.45, 7) is 2.16. The molecule has 1 aliphatic carbocycles. The molecule has 0 bridgehead atoms. The maximum atomic E-state index is 13.7. The highest BCUT2D eigenvalue weighted by Crippen LogP contribution is 2.23. The Hall–Kier alpha value is -0.900. The van der Waals surface area contributed by atoms with Crippen LogP contribution >= 0.6 is 15.9 Å². The van der Waals surface area contributed by atoms with E-state index in [0.717, 1.165) is 19.3 Å². The second-order valence-electron chi connectivity index (χ2n) is 5.32. The van der Waals surface area contributed by atoms with E-state index in [1.165, 1.54) is 25.0 Å². The molecule has 0 heterocycles. The van der Waals surface area contributed by atoms with Gasteiger partial charge in [-0.2, -0.15) is 0 Å². The molecule has 1 aromatic carbocycles. The highest BCUT2D eigenvalue weighted by molar-refractivity contribution is 9.10. The minimum absolute atomic E-state index is 0.125. The first-order valence-corrected chi connectivity index (χ1v) is 7.63. The van der Waals surface area contributed by atoms with Crippen LogP contribution in [0.15, 0.2) is 22.7 Å². The summed E-state index contributed by atoms with van der Waals surface area (Å²) < 4.78 is 14.4. The van der Waals surface area contributed by atoms with E-state index < -0.39 is 5.82 Å². The lowest BCUT2D eigenvalue weighted by Crippen LogP contribution is -2.39. The predicted molar refractivity (Wildman–Crippen MR) is 77.6 cm³/mol. The highest BCUT2D eigenvalue weighted by Gasteiger charge is 2.23. The van der Waals surface area contributed by atoms with Crippen molar-refractivity contribution in [1.82, 2.24) is 5.32 Å². The summed E-state index contributed by atoms with van der Waals surface area (Å²) in [5.41, 5.74) is 0.125. The topological polar surface area (TPSA) is 29.1 Å². The summed E-state index contributed by atoms with van der Waals surface area (Å²) in [5, 5.41) is 2.99. The third-order valence-corrected chi connectivity index (χ3v) is 4.35. The van der Waals surface area contributed by atoms with Gasteiger partial charge in [0.05, 0.1) is 5.56 Å². The van der Waals surface area contributed by atoms with Gasteiger partial charge in [0.15, 0.2) is 0 Å². The summed E-state index contributed by atoms with van der Waals surface area (Å²) in [6.07, 6.45) is 5.71. The van der Waals surface area contributed by atoms with Crippen molar-refractivity contribution in [2.45, 2.75) is 45.1 Å².